The quantitative estimate of drug-likeness (QED) is 0.452. The zero-order valence-corrected chi connectivity index (χ0v) is 5.14. The molecule has 2 rings (SSSR count). The molecule has 0 atom stereocenters. The molecule has 0 saturated carbocycles. The molecule has 0 spiro atoms. The first kappa shape index (κ1) is 5.28. The van der Waals surface area contributed by atoms with Crippen molar-refractivity contribution in [3.8, 4) is 0 Å². The van der Waals surface area contributed by atoms with Gasteiger partial charge in [-0.15, -0.1) is 0 Å². The van der Waals surface area contributed by atoms with Crippen LogP contribution in [0.5, 0.6) is 0 Å². The molecule has 0 aromatic carbocycles. The van der Waals surface area contributed by atoms with Crippen LogP contribution in [0.4, 0.5) is 5.82 Å². The van der Waals surface area contributed by atoms with Gasteiger partial charge >= 0.3 is 5.69 Å². The van der Waals surface area contributed by atoms with E-state index in [0.29, 0.717) is 6.67 Å². The van der Waals surface area contributed by atoms with Crippen molar-refractivity contribution < 1.29 is 0 Å². The van der Waals surface area contributed by atoms with Crippen LogP contribution in [0.1, 0.15) is 5.69 Å². The Bertz CT molecular complexity index is 321. The minimum atomic E-state index is -0.203. The summed E-state index contributed by atoms with van der Waals surface area (Å²) in [7, 11) is 0. The van der Waals surface area contributed by atoms with E-state index in [4.69, 9.17) is 0 Å². The number of nitrogens with one attached hydrogen (secondary N) is 3. The highest BCUT2D eigenvalue weighted by Crippen LogP contribution is 2.06. The van der Waals surface area contributed by atoms with Gasteiger partial charge in [0.1, 0.15) is 18.2 Å². The number of rotatable bonds is 0. The van der Waals surface area contributed by atoms with Crippen LogP contribution in [0.15, 0.2) is 9.79 Å². The second kappa shape index (κ2) is 1.73. The van der Waals surface area contributed by atoms with Gasteiger partial charge < -0.3 is 10.3 Å². The molecule has 0 radical (unpaired) electrons. The zero-order valence-electron chi connectivity index (χ0n) is 5.14. The van der Waals surface area contributed by atoms with E-state index in [1.165, 1.54) is 0 Å². The van der Waals surface area contributed by atoms with Crippen molar-refractivity contribution >= 4 is 12.0 Å². The Balaban J connectivity index is 2.63. The van der Waals surface area contributed by atoms with Crippen LogP contribution in [0.3, 0.4) is 0 Å². The number of aromatic nitrogens is 2. The maximum atomic E-state index is 10.6. The molecule has 1 aliphatic heterocycles. The average molecular weight is 138 g/mol. The minimum Gasteiger partial charge on any atom is -0.351 e. The van der Waals surface area contributed by atoms with Crippen LogP contribution in [0.2, 0.25) is 0 Å². The summed E-state index contributed by atoms with van der Waals surface area (Å²) in [5.74, 6) is 0.722. The smallest absolute Gasteiger partial charge is 0.324 e. The largest absolute Gasteiger partial charge is 0.351 e. The van der Waals surface area contributed by atoms with Crippen LogP contribution in [0, 0.1) is 0 Å². The van der Waals surface area contributed by atoms with E-state index in [2.05, 4.69) is 20.3 Å². The van der Waals surface area contributed by atoms with Crippen molar-refractivity contribution in [2.75, 3.05) is 12.0 Å². The van der Waals surface area contributed by atoms with Gasteiger partial charge in [-0.25, -0.2) is 4.79 Å². The number of nitrogens with zero attached hydrogens (tertiary/aromatic N) is 1. The summed E-state index contributed by atoms with van der Waals surface area (Å²) >= 11 is 0. The lowest BCUT2D eigenvalue weighted by atomic mass is 10.4. The molecule has 1 aromatic rings. The molecule has 0 saturated heterocycles. The highest BCUT2D eigenvalue weighted by atomic mass is 16.1. The lowest BCUT2D eigenvalue weighted by Crippen LogP contribution is -2.06. The Morgan fingerprint density at radius 1 is 1.50 bits per heavy atom. The summed E-state index contributed by atoms with van der Waals surface area (Å²) in [5.41, 5.74) is 0.516. The van der Waals surface area contributed by atoms with Gasteiger partial charge in [0.2, 0.25) is 0 Å². The van der Waals surface area contributed by atoms with Crippen molar-refractivity contribution in [1.82, 2.24) is 9.97 Å². The lowest BCUT2D eigenvalue weighted by molar-refractivity contribution is 1.10. The maximum absolute atomic E-state index is 10.6. The summed E-state index contributed by atoms with van der Waals surface area (Å²) in [6, 6.07) is 0. The Hall–Kier alpha value is -1.52. The predicted octanol–water partition coefficient (Wildman–Crippen LogP) is -0.495. The van der Waals surface area contributed by atoms with E-state index in [-0.39, 0.29) is 5.69 Å². The molecule has 1 aromatic heterocycles. The number of fused-ring (bicyclic) bond motifs is 1. The van der Waals surface area contributed by atoms with Crippen molar-refractivity contribution in [3.63, 3.8) is 0 Å². The normalized spacial score (nSPS) is 14.4. The molecule has 5 nitrogen and oxygen atoms in total. The predicted molar refractivity (Wildman–Crippen MR) is 37.5 cm³/mol. The van der Waals surface area contributed by atoms with Gasteiger partial charge in [-0.05, 0) is 0 Å². The summed E-state index contributed by atoms with van der Waals surface area (Å²) in [6.45, 7) is 0.529. The molecule has 0 bridgehead atoms. The molecule has 3 N–H and O–H groups in total. The highest BCUT2D eigenvalue weighted by molar-refractivity contribution is 5.85. The number of anilines is 1. The van der Waals surface area contributed by atoms with Crippen LogP contribution in [0.25, 0.3) is 0 Å². The van der Waals surface area contributed by atoms with Crippen LogP contribution < -0.4 is 11.0 Å². The number of imidazole rings is 1. The fourth-order valence-electron chi connectivity index (χ4n) is 0.895. The third-order valence-corrected chi connectivity index (χ3v) is 1.32. The number of aromatic amines is 2. The summed E-state index contributed by atoms with van der Waals surface area (Å²) in [5, 5.41) is 2.90. The van der Waals surface area contributed by atoms with E-state index in [9.17, 15) is 4.79 Å². The third kappa shape index (κ3) is 0.637. The molecular weight excluding hydrogens is 132 g/mol. The summed E-state index contributed by atoms with van der Waals surface area (Å²) in [4.78, 5) is 19.7. The van der Waals surface area contributed by atoms with E-state index in [1.807, 2.05) is 0 Å². The molecule has 10 heavy (non-hydrogen) atoms. The van der Waals surface area contributed by atoms with Gasteiger partial charge in [0, 0.05) is 0 Å². The molecule has 1 aliphatic rings. The van der Waals surface area contributed by atoms with E-state index < -0.39 is 0 Å². The number of H-pyrrole nitrogens is 2. The highest BCUT2D eigenvalue weighted by Gasteiger charge is 2.05. The Kier molecular flexibility index (Phi) is 0.913. The molecule has 0 fully saturated rings. The van der Waals surface area contributed by atoms with Crippen molar-refractivity contribution in [1.29, 1.82) is 0 Å². The Morgan fingerprint density at radius 2 is 2.40 bits per heavy atom. The monoisotopic (exact) mass is 138 g/mol. The second-order valence-corrected chi connectivity index (χ2v) is 2.01. The first-order valence-corrected chi connectivity index (χ1v) is 2.92. The van der Waals surface area contributed by atoms with Crippen molar-refractivity contribution in [2.45, 2.75) is 0 Å². The molecule has 2 heterocycles. The summed E-state index contributed by atoms with van der Waals surface area (Å²) < 4.78 is 0. The van der Waals surface area contributed by atoms with Gasteiger partial charge in [0.25, 0.3) is 0 Å². The Labute approximate surface area is 56.2 Å². The molecule has 5 heteroatoms. The van der Waals surface area contributed by atoms with E-state index in [1.54, 1.807) is 6.21 Å². The first-order valence-electron chi connectivity index (χ1n) is 2.92. The van der Waals surface area contributed by atoms with Crippen molar-refractivity contribution in [3.05, 3.63) is 16.2 Å². The molecule has 0 amide bonds. The SMILES string of the molecule is O=c1[nH]c2c([nH]1)NCN=C2. The fourth-order valence-corrected chi connectivity index (χ4v) is 0.895. The average Bonchev–Trinajstić information content (AvgIpc) is 2.27. The number of aliphatic imine (C=N–C) groups is 1. The molecule has 0 unspecified atom stereocenters. The number of hydrogen-bond donors (Lipinski definition) is 3. The second-order valence-electron chi connectivity index (χ2n) is 2.01. The zero-order chi connectivity index (χ0) is 6.97. The van der Waals surface area contributed by atoms with Crippen LogP contribution >= 0.6 is 0 Å². The first-order chi connectivity index (χ1) is 4.86. The van der Waals surface area contributed by atoms with Gasteiger partial charge in [-0.1, -0.05) is 0 Å². The fraction of sp³-hybridized carbons (Fsp3) is 0.200. The standard InChI is InChI=1S/C5H6N4O/c10-5-8-3-1-6-2-7-4(3)9-5/h1,7H,2H2,(H2,8,9,10). The van der Waals surface area contributed by atoms with Crippen LogP contribution in [-0.2, 0) is 0 Å². The minimum absolute atomic E-state index is 0.203. The topological polar surface area (TPSA) is 73.0 Å². The van der Waals surface area contributed by atoms with Gasteiger partial charge in [-0.3, -0.25) is 9.98 Å². The number of hydrogen-bond acceptors (Lipinski definition) is 3. The van der Waals surface area contributed by atoms with Crippen molar-refractivity contribution in [2.24, 2.45) is 4.99 Å². The molecule has 0 aliphatic carbocycles. The molecular formula is C5H6N4O. The van der Waals surface area contributed by atoms with Gasteiger partial charge in [0.15, 0.2) is 0 Å². The van der Waals surface area contributed by atoms with E-state index in [0.717, 1.165) is 11.5 Å². The summed E-state index contributed by atoms with van der Waals surface area (Å²) in [6.07, 6.45) is 1.63. The van der Waals surface area contributed by atoms with E-state index >= 15 is 0 Å². The third-order valence-electron chi connectivity index (χ3n) is 1.32. The van der Waals surface area contributed by atoms with Gasteiger partial charge in [-0.2, -0.15) is 0 Å². The molecule has 52 valence electrons. The lowest BCUT2D eigenvalue weighted by Gasteiger charge is -2.04. The van der Waals surface area contributed by atoms with Gasteiger partial charge in [0.05, 0.1) is 6.21 Å². The maximum Gasteiger partial charge on any atom is 0.324 e. The van der Waals surface area contributed by atoms with Crippen LogP contribution in [-0.4, -0.2) is 22.9 Å². The Morgan fingerprint density at radius 3 is 3.20 bits per heavy atom.